The number of fused-ring (bicyclic) bond motifs is 1. The highest BCUT2D eigenvalue weighted by Gasteiger charge is 2.21. The van der Waals surface area contributed by atoms with Crippen molar-refractivity contribution in [2.24, 2.45) is 0 Å². The fourth-order valence-electron chi connectivity index (χ4n) is 2.81. The number of rotatable bonds is 7. The van der Waals surface area contributed by atoms with E-state index >= 15 is 0 Å². The number of benzene rings is 2. The molecule has 1 heterocycles. The van der Waals surface area contributed by atoms with E-state index in [-0.39, 0.29) is 10.8 Å². The van der Waals surface area contributed by atoms with Crippen molar-refractivity contribution in [1.29, 1.82) is 0 Å². The number of anilines is 1. The van der Waals surface area contributed by atoms with Crippen LogP contribution in [0.2, 0.25) is 0 Å². The maximum Gasteiger partial charge on any atom is 0.260 e. The summed E-state index contributed by atoms with van der Waals surface area (Å²) in [6.45, 7) is 1.38. The molecule has 1 aromatic heterocycles. The van der Waals surface area contributed by atoms with Crippen LogP contribution in [0.5, 0.6) is 0 Å². The second kappa shape index (κ2) is 8.38. The van der Waals surface area contributed by atoms with Gasteiger partial charge >= 0.3 is 0 Å². The van der Waals surface area contributed by atoms with Crippen LogP contribution in [0.25, 0.3) is 10.2 Å². The van der Waals surface area contributed by atoms with Crippen LogP contribution in [0.3, 0.4) is 0 Å². The number of thiazole rings is 1. The van der Waals surface area contributed by atoms with Crippen molar-refractivity contribution in [2.75, 3.05) is 38.3 Å². The number of carbonyl (C=O) groups is 1. The molecule has 28 heavy (non-hydrogen) atoms. The van der Waals surface area contributed by atoms with Gasteiger partial charge in [-0.15, -0.1) is 0 Å². The molecule has 0 aliphatic heterocycles. The first-order chi connectivity index (χ1) is 13.3. The Morgan fingerprint density at radius 1 is 1.04 bits per heavy atom. The first-order valence-electron chi connectivity index (χ1n) is 8.88. The molecule has 0 unspecified atom stereocenters. The smallest absolute Gasteiger partial charge is 0.260 e. The molecule has 0 N–H and O–H groups in total. The summed E-state index contributed by atoms with van der Waals surface area (Å²) in [5, 5.41) is 0.650. The average Bonchev–Trinajstić information content (AvgIpc) is 3.07. The van der Waals surface area contributed by atoms with Crippen molar-refractivity contribution >= 4 is 42.4 Å². The van der Waals surface area contributed by atoms with Gasteiger partial charge in [-0.1, -0.05) is 23.5 Å². The SMILES string of the molecule is CN(C)CCCN(C(=O)c1ccc(S(C)(=O)=O)cc1)c1nc2ccccc2s1. The first-order valence-corrected chi connectivity index (χ1v) is 11.6. The molecule has 0 aliphatic carbocycles. The Kier molecular flexibility index (Phi) is 6.12. The van der Waals surface area contributed by atoms with E-state index in [1.807, 2.05) is 38.4 Å². The van der Waals surface area contributed by atoms with Gasteiger partial charge in [0.05, 0.1) is 15.1 Å². The maximum absolute atomic E-state index is 13.2. The molecule has 0 radical (unpaired) electrons. The topological polar surface area (TPSA) is 70.6 Å². The number of aromatic nitrogens is 1. The third-order valence-corrected chi connectivity index (χ3v) is 6.46. The van der Waals surface area contributed by atoms with Crippen molar-refractivity contribution in [2.45, 2.75) is 11.3 Å². The monoisotopic (exact) mass is 417 g/mol. The Morgan fingerprint density at radius 2 is 1.71 bits per heavy atom. The summed E-state index contributed by atoms with van der Waals surface area (Å²) in [6.07, 6.45) is 1.95. The minimum atomic E-state index is -3.30. The molecule has 0 aliphatic rings. The van der Waals surface area contributed by atoms with Crippen LogP contribution in [0, 0.1) is 0 Å². The molecule has 2 aromatic carbocycles. The molecule has 3 rings (SSSR count). The maximum atomic E-state index is 13.2. The first kappa shape index (κ1) is 20.4. The molecular formula is C20H23N3O3S2. The number of hydrogen-bond donors (Lipinski definition) is 0. The fraction of sp³-hybridized carbons (Fsp3) is 0.300. The Hall–Kier alpha value is -2.29. The lowest BCUT2D eigenvalue weighted by molar-refractivity contribution is 0.0986. The zero-order valence-corrected chi connectivity index (χ0v) is 17.8. The molecule has 0 saturated heterocycles. The van der Waals surface area contributed by atoms with E-state index in [9.17, 15) is 13.2 Å². The van der Waals surface area contributed by atoms with E-state index < -0.39 is 9.84 Å². The number of para-hydroxylation sites is 1. The zero-order chi connectivity index (χ0) is 20.3. The van der Waals surface area contributed by atoms with Crippen LogP contribution < -0.4 is 4.90 Å². The summed E-state index contributed by atoms with van der Waals surface area (Å²) in [4.78, 5) is 21.8. The Labute approximate surface area is 169 Å². The summed E-state index contributed by atoms with van der Waals surface area (Å²) in [5.74, 6) is -0.183. The normalized spacial score (nSPS) is 11.9. The van der Waals surface area contributed by atoms with Crippen molar-refractivity contribution in [3.8, 4) is 0 Å². The molecule has 148 valence electrons. The Morgan fingerprint density at radius 3 is 2.32 bits per heavy atom. The summed E-state index contributed by atoms with van der Waals surface area (Å²) in [7, 11) is 0.688. The van der Waals surface area contributed by atoms with Gasteiger partial charge in [-0.3, -0.25) is 9.69 Å². The fourth-order valence-corrected chi connectivity index (χ4v) is 4.43. The molecular weight excluding hydrogens is 394 g/mol. The largest absolute Gasteiger partial charge is 0.309 e. The number of carbonyl (C=O) groups excluding carboxylic acids is 1. The van der Waals surface area contributed by atoms with Gasteiger partial charge in [0.1, 0.15) is 0 Å². The third-order valence-electron chi connectivity index (χ3n) is 4.28. The summed E-state index contributed by atoms with van der Waals surface area (Å²) in [6, 6.07) is 13.9. The predicted octanol–water partition coefficient (Wildman–Crippen LogP) is 3.30. The van der Waals surface area contributed by atoms with Crippen LogP contribution in [0.15, 0.2) is 53.4 Å². The Bertz CT molecular complexity index is 1040. The highest BCUT2D eigenvalue weighted by atomic mass is 32.2. The van der Waals surface area contributed by atoms with E-state index in [0.29, 0.717) is 17.2 Å². The van der Waals surface area contributed by atoms with Crippen LogP contribution in [-0.4, -0.2) is 57.6 Å². The lowest BCUT2D eigenvalue weighted by atomic mass is 10.2. The lowest BCUT2D eigenvalue weighted by Gasteiger charge is -2.21. The van der Waals surface area contributed by atoms with Crippen molar-refractivity contribution in [3.05, 3.63) is 54.1 Å². The number of sulfone groups is 1. The van der Waals surface area contributed by atoms with E-state index in [0.717, 1.165) is 29.4 Å². The van der Waals surface area contributed by atoms with Gasteiger partial charge in [0.2, 0.25) is 0 Å². The number of amides is 1. The molecule has 6 nitrogen and oxygen atoms in total. The molecule has 0 bridgehead atoms. The van der Waals surface area contributed by atoms with Gasteiger partial charge in [0.15, 0.2) is 15.0 Å². The quantitative estimate of drug-likeness (QED) is 0.590. The molecule has 0 saturated carbocycles. The standard InChI is InChI=1S/C20H23N3O3S2/c1-22(2)13-6-14-23(20-21-17-7-4-5-8-18(17)27-20)19(24)15-9-11-16(12-10-15)28(3,25)26/h4-5,7-12H,6,13-14H2,1-3H3. The highest BCUT2D eigenvalue weighted by Crippen LogP contribution is 2.29. The minimum absolute atomic E-state index is 0.183. The van der Waals surface area contributed by atoms with E-state index in [4.69, 9.17) is 0 Å². The zero-order valence-electron chi connectivity index (χ0n) is 16.1. The predicted molar refractivity (Wildman–Crippen MR) is 114 cm³/mol. The van der Waals surface area contributed by atoms with Crippen LogP contribution in [0.4, 0.5) is 5.13 Å². The second-order valence-electron chi connectivity index (χ2n) is 6.87. The summed E-state index contributed by atoms with van der Waals surface area (Å²) in [5.41, 5.74) is 1.30. The molecule has 0 fully saturated rings. The Balaban J connectivity index is 1.92. The molecule has 0 spiro atoms. The van der Waals surface area contributed by atoms with Gasteiger partial charge < -0.3 is 4.90 Å². The van der Waals surface area contributed by atoms with Gasteiger partial charge in [-0.25, -0.2) is 13.4 Å². The van der Waals surface area contributed by atoms with E-state index in [1.165, 1.54) is 23.5 Å². The molecule has 8 heteroatoms. The van der Waals surface area contributed by atoms with E-state index in [1.54, 1.807) is 17.0 Å². The van der Waals surface area contributed by atoms with Crippen LogP contribution >= 0.6 is 11.3 Å². The average molecular weight is 418 g/mol. The van der Waals surface area contributed by atoms with E-state index in [2.05, 4.69) is 9.88 Å². The van der Waals surface area contributed by atoms with Gasteiger partial charge in [-0.05, 0) is 63.5 Å². The highest BCUT2D eigenvalue weighted by molar-refractivity contribution is 7.90. The second-order valence-corrected chi connectivity index (χ2v) is 9.90. The third kappa shape index (κ3) is 4.76. The summed E-state index contributed by atoms with van der Waals surface area (Å²) < 4.78 is 24.4. The molecule has 1 amide bonds. The van der Waals surface area contributed by atoms with Gasteiger partial charge in [0.25, 0.3) is 5.91 Å². The van der Waals surface area contributed by atoms with Crippen molar-refractivity contribution in [1.82, 2.24) is 9.88 Å². The van der Waals surface area contributed by atoms with Crippen LogP contribution in [-0.2, 0) is 9.84 Å². The van der Waals surface area contributed by atoms with Crippen molar-refractivity contribution in [3.63, 3.8) is 0 Å². The van der Waals surface area contributed by atoms with Gasteiger partial charge in [-0.2, -0.15) is 0 Å². The number of nitrogens with zero attached hydrogens (tertiary/aromatic N) is 3. The number of hydrogen-bond acceptors (Lipinski definition) is 6. The molecule has 3 aromatic rings. The van der Waals surface area contributed by atoms with Crippen LogP contribution in [0.1, 0.15) is 16.8 Å². The summed E-state index contributed by atoms with van der Waals surface area (Å²) >= 11 is 1.48. The van der Waals surface area contributed by atoms with Crippen molar-refractivity contribution < 1.29 is 13.2 Å². The minimum Gasteiger partial charge on any atom is -0.309 e. The molecule has 0 atom stereocenters. The van der Waals surface area contributed by atoms with Gasteiger partial charge in [0, 0.05) is 18.4 Å². The lowest BCUT2D eigenvalue weighted by Crippen LogP contribution is -2.33.